The van der Waals surface area contributed by atoms with Crippen molar-refractivity contribution in [2.24, 2.45) is 0 Å². The predicted molar refractivity (Wildman–Crippen MR) is 133 cm³/mol. The second-order valence-corrected chi connectivity index (χ2v) is 8.87. The van der Waals surface area contributed by atoms with E-state index in [1.54, 1.807) is 21.3 Å². The van der Waals surface area contributed by atoms with Crippen LogP contribution in [0, 0.1) is 0 Å². The van der Waals surface area contributed by atoms with Gasteiger partial charge in [0.2, 0.25) is 5.75 Å². The normalized spacial score (nSPS) is 15.4. The highest BCUT2D eigenvalue weighted by Gasteiger charge is 2.20. The number of nitrogens with zero attached hydrogens (tertiary/aromatic N) is 2. The summed E-state index contributed by atoms with van der Waals surface area (Å²) >= 11 is 0. The zero-order valence-electron chi connectivity index (χ0n) is 20.3. The van der Waals surface area contributed by atoms with E-state index in [0.29, 0.717) is 30.3 Å². The van der Waals surface area contributed by atoms with Gasteiger partial charge in [0.15, 0.2) is 11.5 Å². The van der Waals surface area contributed by atoms with Crippen LogP contribution in [0.2, 0.25) is 0 Å². The van der Waals surface area contributed by atoms with Gasteiger partial charge in [-0.15, -0.1) is 0 Å². The summed E-state index contributed by atoms with van der Waals surface area (Å²) in [5, 5.41) is 4.83. The van der Waals surface area contributed by atoms with E-state index in [-0.39, 0.29) is 0 Å². The number of hydrogen-bond acceptors (Lipinski definition) is 7. The Labute approximate surface area is 201 Å². The molecule has 1 saturated heterocycles. The molecule has 0 spiro atoms. The van der Waals surface area contributed by atoms with Crippen LogP contribution >= 0.6 is 0 Å². The van der Waals surface area contributed by atoms with Gasteiger partial charge in [-0.05, 0) is 66.3 Å². The van der Waals surface area contributed by atoms with Gasteiger partial charge in [0.1, 0.15) is 5.82 Å². The van der Waals surface area contributed by atoms with Crippen LogP contribution in [0.4, 0.5) is 5.82 Å². The third-order valence-electron chi connectivity index (χ3n) is 6.76. The van der Waals surface area contributed by atoms with E-state index in [1.165, 1.54) is 34.9 Å². The molecule has 0 radical (unpaired) electrons. The van der Waals surface area contributed by atoms with Crippen LogP contribution in [0.3, 0.4) is 0 Å². The highest BCUT2D eigenvalue weighted by molar-refractivity contribution is 5.84. The molecule has 2 aromatic carbocycles. The van der Waals surface area contributed by atoms with Gasteiger partial charge < -0.3 is 29.2 Å². The Bertz CT molecular complexity index is 1150. The first-order valence-corrected chi connectivity index (χ1v) is 12.0. The first-order valence-electron chi connectivity index (χ1n) is 12.0. The van der Waals surface area contributed by atoms with Crippen LogP contribution in [0.25, 0.3) is 10.9 Å². The van der Waals surface area contributed by atoms with E-state index < -0.39 is 0 Å². The van der Waals surface area contributed by atoms with Gasteiger partial charge in [0.05, 0.1) is 40.1 Å². The van der Waals surface area contributed by atoms with E-state index in [1.807, 2.05) is 12.1 Å². The maximum absolute atomic E-state index is 5.59. The van der Waals surface area contributed by atoms with Gasteiger partial charge >= 0.3 is 0 Å². The molecule has 7 heteroatoms. The number of aryl methyl sites for hydroxylation is 2. The van der Waals surface area contributed by atoms with Crippen molar-refractivity contribution in [3.63, 3.8) is 0 Å². The van der Waals surface area contributed by atoms with Crippen molar-refractivity contribution in [2.45, 2.75) is 32.4 Å². The van der Waals surface area contributed by atoms with Crippen molar-refractivity contribution in [1.29, 1.82) is 0 Å². The summed E-state index contributed by atoms with van der Waals surface area (Å²) in [6.07, 6.45) is 3.58. The summed E-state index contributed by atoms with van der Waals surface area (Å²) in [5.74, 6) is 2.99. The highest BCUT2D eigenvalue weighted by Crippen LogP contribution is 2.38. The van der Waals surface area contributed by atoms with Crippen LogP contribution in [0.15, 0.2) is 30.3 Å². The minimum Gasteiger partial charge on any atom is -0.493 e. The number of nitrogens with one attached hydrogen (secondary N) is 1. The lowest BCUT2D eigenvalue weighted by atomic mass is 10.0. The molecular formula is C27H33N3O4. The van der Waals surface area contributed by atoms with Gasteiger partial charge in [-0.25, -0.2) is 4.98 Å². The maximum atomic E-state index is 5.59. The van der Waals surface area contributed by atoms with Crippen molar-refractivity contribution in [2.75, 3.05) is 52.5 Å². The molecule has 0 amide bonds. The second-order valence-electron chi connectivity index (χ2n) is 8.87. The largest absolute Gasteiger partial charge is 0.493 e. The number of anilines is 1. The molecule has 0 unspecified atom stereocenters. The molecule has 180 valence electrons. The molecule has 1 aliphatic heterocycles. The molecule has 3 aromatic rings. The number of morpholine rings is 1. The Balaban J connectivity index is 1.41. The monoisotopic (exact) mass is 463 g/mol. The van der Waals surface area contributed by atoms with Crippen molar-refractivity contribution in [3.8, 4) is 17.2 Å². The van der Waals surface area contributed by atoms with Gasteiger partial charge in [0.25, 0.3) is 0 Å². The molecule has 2 heterocycles. The standard InChI is InChI=1S/C27H33N3O4/c1-31-24-11-18(12-25(32-2)26(24)33-3)16-28-17-22-14-21-13-19-5-4-6-20(19)15-23(21)29-27(22)30-7-9-34-10-8-30/h11-15,28H,4-10,16-17H2,1-3H3. The zero-order valence-corrected chi connectivity index (χ0v) is 20.3. The summed E-state index contributed by atoms with van der Waals surface area (Å²) in [6, 6.07) is 10.9. The summed E-state index contributed by atoms with van der Waals surface area (Å²) in [4.78, 5) is 7.51. The lowest BCUT2D eigenvalue weighted by Gasteiger charge is -2.30. The zero-order chi connectivity index (χ0) is 23.5. The molecule has 1 aliphatic carbocycles. The average molecular weight is 464 g/mol. The lowest BCUT2D eigenvalue weighted by Crippen LogP contribution is -2.37. The number of pyridine rings is 1. The number of benzene rings is 2. The molecule has 1 N–H and O–H groups in total. The molecule has 0 bridgehead atoms. The first kappa shape index (κ1) is 22.7. The summed E-state index contributed by atoms with van der Waals surface area (Å²) in [6.45, 7) is 4.59. The summed E-state index contributed by atoms with van der Waals surface area (Å²) < 4.78 is 22.1. The Morgan fingerprint density at radius 2 is 1.59 bits per heavy atom. The van der Waals surface area contributed by atoms with Crippen LogP contribution in [-0.2, 0) is 30.7 Å². The number of aromatic nitrogens is 1. The fourth-order valence-electron chi connectivity index (χ4n) is 5.04. The number of ether oxygens (including phenoxy) is 4. The van der Waals surface area contributed by atoms with Crippen molar-refractivity contribution in [1.82, 2.24) is 10.3 Å². The van der Waals surface area contributed by atoms with E-state index in [0.717, 1.165) is 49.6 Å². The third-order valence-corrected chi connectivity index (χ3v) is 6.76. The van der Waals surface area contributed by atoms with E-state index in [9.17, 15) is 0 Å². The van der Waals surface area contributed by atoms with Crippen LogP contribution in [-0.4, -0.2) is 52.6 Å². The predicted octanol–water partition coefficient (Wildman–Crippen LogP) is 3.88. The minimum absolute atomic E-state index is 0.606. The van der Waals surface area contributed by atoms with Crippen LogP contribution < -0.4 is 24.4 Å². The lowest BCUT2D eigenvalue weighted by molar-refractivity contribution is 0.122. The number of hydrogen-bond donors (Lipinski definition) is 1. The number of methoxy groups -OCH3 is 3. The minimum atomic E-state index is 0.606. The molecule has 2 aliphatic rings. The van der Waals surface area contributed by atoms with E-state index >= 15 is 0 Å². The molecule has 1 aromatic heterocycles. The number of rotatable bonds is 8. The van der Waals surface area contributed by atoms with Gasteiger partial charge in [-0.3, -0.25) is 0 Å². The average Bonchev–Trinajstić information content (AvgIpc) is 3.34. The Kier molecular flexibility index (Phi) is 6.74. The molecular weight excluding hydrogens is 430 g/mol. The van der Waals surface area contributed by atoms with Crippen LogP contribution in [0.5, 0.6) is 17.2 Å². The summed E-state index contributed by atoms with van der Waals surface area (Å²) in [5.41, 5.74) is 6.30. The quantitative estimate of drug-likeness (QED) is 0.544. The van der Waals surface area contributed by atoms with Gasteiger partial charge in [-0.1, -0.05) is 0 Å². The molecule has 7 nitrogen and oxygen atoms in total. The second kappa shape index (κ2) is 10.1. The van der Waals surface area contributed by atoms with Crippen molar-refractivity contribution < 1.29 is 18.9 Å². The fourth-order valence-corrected chi connectivity index (χ4v) is 5.04. The molecule has 5 rings (SSSR count). The third kappa shape index (κ3) is 4.50. The molecule has 1 fully saturated rings. The Morgan fingerprint density at radius 3 is 2.26 bits per heavy atom. The smallest absolute Gasteiger partial charge is 0.203 e. The topological polar surface area (TPSA) is 65.1 Å². The van der Waals surface area contributed by atoms with Crippen molar-refractivity contribution in [3.05, 3.63) is 52.6 Å². The fraction of sp³-hybridized carbons (Fsp3) is 0.444. The van der Waals surface area contributed by atoms with Crippen molar-refractivity contribution >= 4 is 16.7 Å². The van der Waals surface area contributed by atoms with Gasteiger partial charge in [-0.2, -0.15) is 0 Å². The number of fused-ring (bicyclic) bond motifs is 2. The maximum Gasteiger partial charge on any atom is 0.203 e. The molecule has 0 saturated carbocycles. The van der Waals surface area contributed by atoms with Gasteiger partial charge in [0, 0.05) is 37.1 Å². The summed E-state index contributed by atoms with van der Waals surface area (Å²) in [7, 11) is 4.90. The first-order chi connectivity index (χ1) is 16.7. The molecule has 0 atom stereocenters. The highest BCUT2D eigenvalue weighted by atomic mass is 16.5. The Morgan fingerprint density at radius 1 is 0.882 bits per heavy atom. The SMILES string of the molecule is COc1cc(CNCc2cc3cc4c(cc3nc2N2CCOCC2)CCC4)cc(OC)c1OC. The molecule has 34 heavy (non-hydrogen) atoms. The van der Waals surface area contributed by atoms with E-state index in [2.05, 4.69) is 28.4 Å². The Hall–Kier alpha value is -3.03. The van der Waals surface area contributed by atoms with E-state index in [4.69, 9.17) is 23.9 Å². The van der Waals surface area contributed by atoms with Crippen LogP contribution in [0.1, 0.15) is 28.7 Å².